The Morgan fingerprint density at radius 2 is 1.92 bits per heavy atom. The number of carbonyl (C=O) groups excluding carboxylic acids is 1. The van der Waals surface area contributed by atoms with Gasteiger partial charge in [0.2, 0.25) is 5.76 Å². The lowest BCUT2D eigenvalue weighted by molar-refractivity contribution is -0.142. The molecule has 1 aliphatic rings. The fourth-order valence-electron chi connectivity index (χ4n) is 2.79. The standard InChI is InChI=1S/C19H12BrClN2O3/c20-15-17(24)19(25)26-18(15)14-10-23(13-7-2-1-3-8-13)22-16(14)11-5-4-6-12(21)9-11/h1-10,18,24H. The number of aliphatic hydroxyl groups excluding tert-OH is 1. The van der Waals surface area contributed by atoms with Crippen LogP contribution in [0.2, 0.25) is 5.02 Å². The molecule has 1 aromatic heterocycles. The third-order valence-corrected chi connectivity index (χ3v) is 5.04. The van der Waals surface area contributed by atoms with Crippen LogP contribution in [0.1, 0.15) is 11.7 Å². The summed E-state index contributed by atoms with van der Waals surface area (Å²) in [5, 5.41) is 15.1. The first-order chi connectivity index (χ1) is 12.5. The van der Waals surface area contributed by atoms with E-state index in [2.05, 4.69) is 21.0 Å². The number of cyclic esters (lactones) is 1. The average molecular weight is 432 g/mol. The van der Waals surface area contributed by atoms with Gasteiger partial charge < -0.3 is 9.84 Å². The number of esters is 1. The number of benzene rings is 2. The van der Waals surface area contributed by atoms with Crippen LogP contribution in [0, 0.1) is 0 Å². The monoisotopic (exact) mass is 430 g/mol. The van der Waals surface area contributed by atoms with E-state index in [0.29, 0.717) is 16.3 Å². The molecule has 0 radical (unpaired) electrons. The molecule has 1 aliphatic heterocycles. The molecule has 0 amide bonds. The number of para-hydroxylation sites is 1. The number of hydrogen-bond acceptors (Lipinski definition) is 4. The second-order valence-electron chi connectivity index (χ2n) is 5.71. The van der Waals surface area contributed by atoms with E-state index in [-0.39, 0.29) is 4.48 Å². The molecule has 1 unspecified atom stereocenters. The van der Waals surface area contributed by atoms with Crippen molar-refractivity contribution in [3.05, 3.63) is 81.6 Å². The van der Waals surface area contributed by atoms with Crippen molar-refractivity contribution in [1.82, 2.24) is 9.78 Å². The Kier molecular flexibility index (Phi) is 4.30. The molecule has 130 valence electrons. The Morgan fingerprint density at radius 3 is 2.58 bits per heavy atom. The summed E-state index contributed by atoms with van der Waals surface area (Å²) in [4.78, 5) is 11.7. The molecule has 5 nitrogen and oxygen atoms in total. The van der Waals surface area contributed by atoms with E-state index in [1.807, 2.05) is 42.5 Å². The fraction of sp³-hybridized carbons (Fsp3) is 0.0526. The molecule has 0 bridgehead atoms. The topological polar surface area (TPSA) is 64.4 Å². The van der Waals surface area contributed by atoms with Crippen LogP contribution in [-0.4, -0.2) is 20.9 Å². The van der Waals surface area contributed by atoms with Gasteiger partial charge in [0.05, 0.1) is 10.2 Å². The van der Waals surface area contributed by atoms with E-state index in [0.717, 1.165) is 11.3 Å². The van der Waals surface area contributed by atoms with E-state index < -0.39 is 17.8 Å². The first-order valence-corrected chi connectivity index (χ1v) is 8.92. The highest BCUT2D eigenvalue weighted by atomic mass is 79.9. The zero-order chi connectivity index (χ0) is 18.3. The van der Waals surface area contributed by atoms with E-state index in [1.54, 1.807) is 23.0 Å². The summed E-state index contributed by atoms with van der Waals surface area (Å²) >= 11 is 9.38. The largest absolute Gasteiger partial charge is 0.501 e. The van der Waals surface area contributed by atoms with Crippen molar-refractivity contribution < 1.29 is 14.6 Å². The zero-order valence-corrected chi connectivity index (χ0v) is 15.6. The fourth-order valence-corrected chi connectivity index (χ4v) is 3.48. The van der Waals surface area contributed by atoms with E-state index >= 15 is 0 Å². The molecule has 0 spiro atoms. The molecule has 4 rings (SSSR count). The lowest BCUT2D eigenvalue weighted by Gasteiger charge is -2.10. The second kappa shape index (κ2) is 6.63. The van der Waals surface area contributed by atoms with Crippen LogP contribution in [0.25, 0.3) is 16.9 Å². The number of aromatic nitrogens is 2. The molecule has 2 aromatic carbocycles. The first-order valence-electron chi connectivity index (χ1n) is 7.75. The molecule has 7 heteroatoms. The molecular formula is C19H12BrClN2O3. The van der Waals surface area contributed by atoms with Gasteiger partial charge in [-0.25, -0.2) is 9.48 Å². The maximum absolute atomic E-state index is 11.7. The van der Waals surface area contributed by atoms with Gasteiger partial charge in [-0.2, -0.15) is 5.10 Å². The Morgan fingerprint density at radius 1 is 1.15 bits per heavy atom. The van der Waals surface area contributed by atoms with Gasteiger partial charge in [-0.1, -0.05) is 41.9 Å². The molecule has 26 heavy (non-hydrogen) atoms. The highest BCUT2D eigenvalue weighted by Crippen LogP contribution is 2.42. The SMILES string of the molecule is O=C1OC(c2cn(-c3ccccc3)nc2-c2cccc(Cl)c2)C(Br)=C1O. The van der Waals surface area contributed by atoms with Gasteiger partial charge in [-0.3, -0.25) is 0 Å². The van der Waals surface area contributed by atoms with Crippen molar-refractivity contribution in [3.63, 3.8) is 0 Å². The smallest absolute Gasteiger partial charge is 0.375 e. The minimum Gasteiger partial charge on any atom is -0.501 e. The third kappa shape index (κ3) is 2.91. The summed E-state index contributed by atoms with van der Waals surface area (Å²) in [7, 11) is 0. The van der Waals surface area contributed by atoms with Crippen molar-refractivity contribution in [2.45, 2.75) is 6.10 Å². The minimum absolute atomic E-state index is 0.276. The zero-order valence-electron chi connectivity index (χ0n) is 13.3. The van der Waals surface area contributed by atoms with Gasteiger partial charge in [0.1, 0.15) is 5.69 Å². The number of rotatable bonds is 3. The Bertz CT molecular complexity index is 1030. The van der Waals surface area contributed by atoms with E-state index in [1.165, 1.54) is 0 Å². The summed E-state index contributed by atoms with van der Waals surface area (Å²) in [6.07, 6.45) is 1.01. The van der Waals surface area contributed by atoms with Crippen molar-refractivity contribution in [1.29, 1.82) is 0 Å². The average Bonchev–Trinajstić information content (AvgIpc) is 3.20. The molecule has 0 aliphatic carbocycles. The molecule has 3 aromatic rings. The van der Waals surface area contributed by atoms with Crippen LogP contribution < -0.4 is 0 Å². The van der Waals surface area contributed by atoms with Crippen LogP contribution in [0.15, 0.2) is 71.0 Å². The number of carbonyl (C=O) groups is 1. The summed E-state index contributed by atoms with van der Waals surface area (Å²) in [6, 6.07) is 16.8. The first kappa shape index (κ1) is 16.9. The summed E-state index contributed by atoms with van der Waals surface area (Å²) in [5.41, 5.74) is 2.89. The van der Waals surface area contributed by atoms with Crippen molar-refractivity contribution >= 4 is 33.5 Å². The van der Waals surface area contributed by atoms with Gasteiger partial charge in [0, 0.05) is 22.3 Å². The minimum atomic E-state index is -0.772. The normalized spacial score (nSPS) is 16.8. The lowest BCUT2D eigenvalue weighted by Crippen LogP contribution is -2.03. The number of nitrogens with zero attached hydrogens (tertiary/aromatic N) is 2. The van der Waals surface area contributed by atoms with Crippen LogP contribution in [-0.2, 0) is 9.53 Å². The molecule has 2 heterocycles. The van der Waals surface area contributed by atoms with Gasteiger partial charge in [-0.05, 0) is 40.2 Å². The molecule has 1 N–H and O–H groups in total. The highest BCUT2D eigenvalue weighted by molar-refractivity contribution is 9.11. The Hall–Kier alpha value is -2.57. The summed E-state index contributed by atoms with van der Waals surface area (Å²) in [5.74, 6) is -1.20. The van der Waals surface area contributed by atoms with Crippen LogP contribution in [0.4, 0.5) is 0 Å². The second-order valence-corrected chi connectivity index (χ2v) is 7.00. The molecule has 0 saturated carbocycles. The molecule has 1 atom stereocenters. The molecular weight excluding hydrogens is 420 g/mol. The predicted octanol–water partition coefficient (Wildman–Crippen LogP) is 4.96. The van der Waals surface area contributed by atoms with Crippen molar-refractivity contribution in [2.75, 3.05) is 0 Å². The third-order valence-electron chi connectivity index (χ3n) is 4.02. The number of ether oxygens (including phenoxy) is 1. The van der Waals surface area contributed by atoms with E-state index in [4.69, 9.17) is 16.3 Å². The lowest BCUT2D eigenvalue weighted by atomic mass is 10.0. The Balaban J connectivity index is 1.89. The number of hydrogen-bond donors (Lipinski definition) is 1. The number of aliphatic hydroxyl groups is 1. The quantitative estimate of drug-likeness (QED) is 0.596. The molecule has 0 fully saturated rings. The Labute approximate surface area is 162 Å². The highest BCUT2D eigenvalue weighted by Gasteiger charge is 2.36. The number of halogens is 2. The molecule has 0 saturated heterocycles. The van der Waals surface area contributed by atoms with Gasteiger partial charge in [-0.15, -0.1) is 0 Å². The van der Waals surface area contributed by atoms with Gasteiger partial charge in [0.15, 0.2) is 6.10 Å². The summed E-state index contributed by atoms with van der Waals surface area (Å²) < 4.78 is 7.30. The van der Waals surface area contributed by atoms with Crippen LogP contribution >= 0.6 is 27.5 Å². The van der Waals surface area contributed by atoms with Gasteiger partial charge in [0.25, 0.3) is 0 Å². The maximum atomic E-state index is 11.7. The van der Waals surface area contributed by atoms with Gasteiger partial charge >= 0.3 is 5.97 Å². The predicted molar refractivity (Wildman–Crippen MR) is 101 cm³/mol. The van der Waals surface area contributed by atoms with Crippen LogP contribution in [0.5, 0.6) is 0 Å². The van der Waals surface area contributed by atoms with Crippen molar-refractivity contribution in [2.24, 2.45) is 0 Å². The summed E-state index contributed by atoms with van der Waals surface area (Å²) in [6.45, 7) is 0. The maximum Gasteiger partial charge on any atom is 0.375 e. The van der Waals surface area contributed by atoms with E-state index in [9.17, 15) is 9.90 Å². The van der Waals surface area contributed by atoms with Crippen molar-refractivity contribution in [3.8, 4) is 16.9 Å². The van der Waals surface area contributed by atoms with Crippen LogP contribution in [0.3, 0.4) is 0 Å².